The minimum atomic E-state index is -1.18. The molecular weight excluding hydrogens is 1070 g/mol. The summed E-state index contributed by atoms with van der Waals surface area (Å²) in [6.45, 7) is 28.9. The summed E-state index contributed by atoms with van der Waals surface area (Å²) in [5.74, 6) is 0.136. The number of ketones is 1. The Balaban J connectivity index is -0.000000205. The molecule has 2 spiro atoms. The van der Waals surface area contributed by atoms with Gasteiger partial charge >= 0.3 is 11.9 Å². The van der Waals surface area contributed by atoms with Crippen LogP contribution >= 0.6 is 54.0 Å². The van der Waals surface area contributed by atoms with Crippen LogP contribution in [-0.2, 0) is 67.5 Å². The van der Waals surface area contributed by atoms with Crippen LogP contribution in [-0.4, -0.2) is 86.2 Å². The Bertz CT molecular complexity index is 1800. The molecule has 0 radical (unpaired) electrons. The summed E-state index contributed by atoms with van der Waals surface area (Å²) < 4.78 is 37.3. The number of carbonyl (C=O) groups excluding carboxylic acids is 3. The van der Waals surface area contributed by atoms with Gasteiger partial charge in [-0.1, -0.05) is 60.7 Å². The Labute approximate surface area is 482 Å². The molecule has 420 valence electrons. The average Bonchev–Trinajstić information content (AvgIpc) is 3.12. The number of aliphatic hydroxyl groups is 4. The van der Waals surface area contributed by atoms with Gasteiger partial charge in [0, 0.05) is 64.7 Å². The molecule has 4 atom stereocenters. The van der Waals surface area contributed by atoms with Crippen molar-refractivity contribution in [2.75, 3.05) is 0 Å². The van der Waals surface area contributed by atoms with Gasteiger partial charge in [0.05, 0.1) is 32.3 Å². The molecular formula is C52H96N2O11S6Ti. The predicted octanol–water partition coefficient (Wildman–Crippen LogP) is 9.84. The van der Waals surface area contributed by atoms with Crippen molar-refractivity contribution >= 4 is 99.4 Å². The quantitative estimate of drug-likeness (QED) is 0.130. The van der Waals surface area contributed by atoms with Crippen molar-refractivity contribution in [3.05, 3.63) is 71.8 Å². The third-order valence-electron chi connectivity index (χ3n) is 10.2. The molecule has 6 rings (SSSR count). The average molecular weight is 1170 g/mol. The molecule has 0 amide bonds. The fraction of sp³-hybridized carbons (Fsp3) is 0.692. The van der Waals surface area contributed by atoms with Gasteiger partial charge in [0.1, 0.15) is 29.0 Å². The van der Waals surface area contributed by atoms with Gasteiger partial charge in [0.15, 0.2) is 0 Å². The maximum atomic E-state index is 12.3. The number of nitrogens with zero attached hydrogens (tertiary/aromatic N) is 1. The van der Waals surface area contributed by atoms with E-state index < -0.39 is 22.0 Å². The van der Waals surface area contributed by atoms with Crippen molar-refractivity contribution in [1.82, 2.24) is 0 Å². The van der Waals surface area contributed by atoms with Crippen molar-refractivity contribution in [3.8, 4) is 0 Å². The summed E-state index contributed by atoms with van der Waals surface area (Å²) in [6.07, 6.45) is 5.43. The van der Waals surface area contributed by atoms with Gasteiger partial charge in [0.25, 0.3) is 0 Å². The first kappa shape index (κ1) is 82.3. The van der Waals surface area contributed by atoms with E-state index in [-0.39, 0.29) is 156 Å². The normalized spacial score (nSPS) is 19.2. The number of hydrogen-bond donors (Lipinski definition) is 5. The molecule has 4 saturated carbocycles. The fourth-order valence-electron chi connectivity index (χ4n) is 6.92. The van der Waals surface area contributed by atoms with Gasteiger partial charge in [-0.2, -0.15) is 58.4 Å². The predicted molar refractivity (Wildman–Crippen MR) is 314 cm³/mol. The molecule has 0 aliphatic heterocycles. The Morgan fingerprint density at radius 3 is 1.04 bits per heavy atom. The van der Waals surface area contributed by atoms with Crippen LogP contribution in [0.2, 0.25) is 0 Å². The molecule has 4 aliphatic rings. The number of aliphatic hydroxyl groups excluding tert-OH is 4. The largest absolute Gasteiger partial charge is 0.458 e. The van der Waals surface area contributed by atoms with E-state index in [2.05, 4.69) is 4.40 Å². The summed E-state index contributed by atoms with van der Waals surface area (Å²) in [5, 5.41) is 37.3. The second-order valence-corrected chi connectivity index (χ2v) is 25.0. The molecule has 2 aromatic rings. The minimum Gasteiger partial charge on any atom is -0.458 e. The zero-order chi connectivity index (χ0) is 52.1. The Morgan fingerprint density at radius 1 is 0.569 bits per heavy atom. The smallest absolute Gasteiger partial charge is 0.309 e. The third kappa shape index (κ3) is 35.3. The minimum absolute atomic E-state index is 0. The van der Waals surface area contributed by atoms with Crippen molar-refractivity contribution < 1.29 is 74.4 Å². The first-order valence-electron chi connectivity index (χ1n) is 23.5. The number of benzene rings is 2. The second kappa shape index (κ2) is 39.3. The Kier molecular flexibility index (Phi) is 44.9. The molecule has 4 fully saturated rings. The number of Topliss-reactive ketones (excluding diaryl/α,β-unsaturated/α-hetero) is 1. The summed E-state index contributed by atoms with van der Waals surface area (Å²) in [5.41, 5.74) is 3.45. The third-order valence-corrected chi connectivity index (χ3v) is 12.8. The first-order chi connectivity index (χ1) is 30.6. The number of nitrogens with two attached hydrogens (primary N) is 1. The SMILES string of the molecule is CC(C)(C)[S@@](N)=O.CC(C)O.CC(C)O.CC(C)O.CC(C)O.C[C@H](OC(=O)C1CC2(CC(=N[S@@](=O)C(C)(C)C)C2)C1)c1ccccc1.C[C@H](OC(=O)C1CC2(CC(=O)C2)C1)c1ccccc1.S.S.S.S.[Ti]. The van der Waals surface area contributed by atoms with Crippen LogP contribution in [0.3, 0.4) is 0 Å². The molecule has 13 nitrogen and oxygen atoms in total. The van der Waals surface area contributed by atoms with Crippen LogP contribution in [0.5, 0.6) is 0 Å². The topological polar surface area (TPSA) is 223 Å². The number of hydrogen-bond acceptors (Lipinski definition) is 11. The molecule has 72 heavy (non-hydrogen) atoms. The molecule has 0 heterocycles. The number of ether oxygens (including phenoxy) is 2. The van der Waals surface area contributed by atoms with Gasteiger partial charge in [0.2, 0.25) is 0 Å². The van der Waals surface area contributed by atoms with E-state index >= 15 is 0 Å². The first-order valence-corrected chi connectivity index (χ1v) is 25.9. The van der Waals surface area contributed by atoms with Crippen molar-refractivity contribution in [1.29, 1.82) is 0 Å². The van der Waals surface area contributed by atoms with E-state index in [1.165, 1.54) is 0 Å². The zero-order valence-electron chi connectivity index (χ0n) is 46.0. The number of esters is 2. The summed E-state index contributed by atoms with van der Waals surface area (Å²) in [7, 11) is -2.36. The van der Waals surface area contributed by atoms with Crippen molar-refractivity contribution in [2.45, 2.75) is 208 Å². The molecule has 0 bridgehead atoms. The van der Waals surface area contributed by atoms with Gasteiger partial charge in [-0.3, -0.25) is 19.5 Å². The van der Waals surface area contributed by atoms with E-state index in [9.17, 15) is 22.8 Å². The molecule has 2 aromatic carbocycles. The molecule has 4 aliphatic carbocycles. The maximum absolute atomic E-state index is 12.3. The molecule has 0 unspecified atom stereocenters. The van der Waals surface area contributed by atoms with E-state index in [0.29, 0.717) is 18.6 Å². The standard InChI is InChI=1S/C20H27NO3S.C16H18O3.C4H11NOS.4C3H8O.4H2S.Ti/c1-14(15-8-6-5-7-9-15)24-18(22)16-10-20(11-16)12-17(13-20)21-25(23)19(2,3)4;1-11(12-5-3-2-4-6-12)19-15(18)13-7-16(8-13)9-14(17)10-16;1-4(2,3)7(5)6;4*1-3(2)4;;;;;/h5-9,14,16H,10-13H2,1-4H3;2-6,11,13H,7-10H2,1H3;5H2,1-3H3;4*3-4H,1-2H3;4*1H2;/t14-,16?,20?,25-;11-;7-;;;;;;;;;/m000........./s1. The second-order valence-electron chi connectivity index (χ2n) is 21.2. The van der Waals surface area contributed by atoms with Gasteiger partial charge < -0.3 is 29.9 Å². The van der Waals surface area contributed by atoms with Crippen LogP contribution in [0.1, 0.15) is 185 Å². The van der Waals surface area contributed by atoms with E-state index in [0.717, 1.165) is 55.4 Å². The van der Waals surface area contributed by atoms with E-state index in [1.54, 1.807) is 55.4 Å². The van der Waals surface area contributed by atoms with Crippen LogP contribution < -0.4 is 5.14 Å². The van der Waals surface area contributed by atoms with E-state index in [1.807, 2.05) is 116 Å². The molecule has 6 N–H and O–H groups in total. The summed E-state index contributed by atoms with van der Waals surface area (Å²) in [6, 6.07) is 19.6. The zero-order valence-corrected chi connectivity index (χ0v) is 53.2. The monoisotopic (exact) mass is 1160 g/mol. The maximum Gasteiger partial charge on any atom is 0.309 e. The van der Waals surface area contributed by atoms with Crippen molar-refractivity contribution in [3.63, 3.8) is 0 Å². The van der Waals surface area contributed by atoms with E-state index in [4.69, 9.17) is 35.0 Å². The summed E-state index contributed by atoms with van der Waals surface area (Å²) in [4.78, 5) is 35.4. The fourth-order valence-corrected chi connectivity index (χ4v) is 7.56. The number of rotatable bonds is 7. The Morgan fingerprint density at radius 2 is 0.819 bits per heavy atom. The van der Waals surface area contributed by atoms with Gasteiger partial charge in [-0.15, -0.1) is 0 Å². The summed E-state index contributed by atoms with van der Waals surface area (Å²) >= 11 is 0. The van der Waals surface area contributed by atoms with Crippen LogP contribution in [0.4, 0.5) is 0 Å². The van der Waals surface area contributed by atoms with Crippen molar-refractivity contribution in [2.24, 2.45) is 32.2 Å². The molecule has 20 heteroatoms. The molecule has 0 saturated heterocycles. The van der Waals surface area contributed by atoms with Gasteiger partial charge in [-0.25, -0.2) is 8.42 Å². The number of carbonyl (C=O) groups is 3. The van der Waals surface area contributed by atoms with Gasteiger partial charge in [-0.05, 0) is 171 Å². The Hall–Kier alpha value is -1.07. The van der Waals surface area contributed by atoms with Crippen LogP contribution in [0.15, 0.2) is 65.1 Å². The van der Waals surface area contributed by atoms with Crippen LogP contribution in [0.25, 0.3) is 0 Å². The molecule has 0 aromatic heterocycles. The van der Waals surface area contributed by atoms with Crippen LogP contribution in [0, 0.1) is 22.7 Å².